The van der Waals surface area contributed by atoms with Crippen LogP contribution in [0.3, 0.4) is 0 Å². The first kappa shape index (κ1) is 14.0. The summed E-state index contributed by atoms with van der Waals surface area (Å²) in [7, 11) is 0. The second kappa shape index (κ2) is 6.24. The van der Waals surface area contributed by atoms with E-state index in [0.717, 1.165) is 35.0 Å². The number of rotatable bonds is 6. The maximum Gasteiger partial charge on any atom is 0.163 e. The molecule has 1 unspecified atom stereocenters. The number of nitrogens with zero attached hydrogens (tertiary/aromatic N) is 1. The lowest BCUT2D eigenvalue weighted by Crippen LogP contribution is -2.24. The Kier molecular flexibility index (Phi) is 4.18. The van der Waals surface area contributed by atoms with E-state index < -0.39 is 0 Å². The van der Waals surface area contributed by atoms with Crippen molar-refractivity contribution in [1.82, 2.24) is 10.3 Å². The zero-order chi connectivity index (χ0) is 14.7. The maximum absolute atomic E-state index is 5.89. The second-order valence-electron chi connectivity index (χ2n) is 5.06. The highest BCUT2D eigenvalue weighted by atomic mass is 32.1. The van der Waals surface area contributed by atoms with Crippen LogP contribution in [0.15, 0.2) is 53.5 Å². The molecule has 1 N–H and O–H groups in total. The van der Waals surface area contributed by atoms with Crippen LogP contribution in [0.1, 0.15) is 19.1 Å². The first-order chi connectivity index (χ1) is 10.3. The van der Waals surface area contributed by atoms with E-state index >= 15 is 0 Å². The SMILES string of the molecule is C=CCC(C)NCc1ccc(-c2nc3ccccc3s2)o1. The predicted molar refractivity (Wildman–Crippen MR) is 88.4 cm³/mol. The number of hydrogen-bond donors (Lipinski definition) is 1. The molecule has 1 atom stereocenters. The Hall–Kier alpha value is -1.91. The molecule has 0 radical (unpaired) electrons. The molecule has 0 spiro atoms. The zero-order valence-electron chi connectivity index (χ0n) is 12.0. The minimum absolute atomic E-state index is 0.401. The molecular formula is C17H18N2OS. The third-order valence-electron chi connectivity index (χ3n) is 3.31. The van der Waals surface area contributed by atoms with Gasteiger partial charge in [0, 0.05) is 6.04 Å². The van der Waals surface area contributed by atoms with E-state index in [1.807, 2.05) is 36.4 Å². The van der Waals surface area contributed by atoms with Crippen molar-refractivity contribution < 1.29 is 4.42 Å². The van der Waals surface area contributed by atoms with Crippen LogP contribution in [0, 0.1) is 0 Å². The molecule has 0 saturated heterocycles. The second-order valence-corrected chi connectivity index (χ2v) is 6.09. The molecule has 0 bridgehead atoms. The van der Waals surface area contributed by atoms with Gasteiger partial charge in [0.25, 0.3) is 0 Å². The summed E-state index contributed by atoms with van der Waals surface area (Å²) in [6.45, 7) is 6.61. The van der Waals surface area contributed by atoms with Crippen LogP contribution in [0.5, 0.6) is 0 Å². The molecule has 0 amide bonds. The fourth-order valence-electron chi connectivity index (χ4n) is 2.17. The van der Waals surface area contributed by atoms with Crippen molar-refractivity contribution in [2.75, 3.05) is 0 Å². The van der Waals surface area contributed by atoms with Gasteiger partial charge in [-0.05, 0) is 37.6 Å². The predicted octanol–water partition coefficient (Wildman–Crippen LogP) is 4.61. The Balaban J connectivity index is 1.73. The summed E-state index contributed by atoms with van der Waals surface area (Å²) in [4.78, 5) is 4.61. The van der Waals surface area contributed by atoms with Gasteiger partial charge in [0.1, 0.15) is 5.76 Å². The van der Waals surface area contributed by atoms with Crippen LogP contribution >= 0.6 is 11.3 Å². The normalized spacial score (nSPS) is 12.6. The first-order valence-corrected chi connectivity index (χ1v) is 7.87. The summed E-state index contributed by atoms with van der Waals surface area (Å²) >= 11 is 1.66. The van der Waals surface area contributed by atoms with Gasteiger partial charge in [-0.15, -0.1) is 17.9 Å². The highest BCUT2D eigenvalue weighted by Gasteiger charge is 2.10. The van der Waals surface area contributed by atoms with Crippen LogP contribution in [-0.2, 0) is 6.54 Å². The lowest BCUT2D eigenvalue weighted by molar-refractivity contribution is 0.463. The minimum Gasteiger partial charge on any atom is -0.457 e. The summed E-state index contributed by atoms with van der Waals surface area (Å²) in [5.41, 5.74) is 1.02. The van der Waals surface area contributed by atoms with E-state index in [2.05, 4.69) is 29.9 Å². The number of thiazole rings is 1. The third-order valence-corrected chi connectivity index (χ3v) is 4.36. The average molecular weight is 298 g/mol. The van der Waals surface area contributed by atoms with Crippen LogP contribution in [0.25, 0.3) is 21.0 Å². The molecule has 108 valence electrons. The lowest BCUT2D eigenvalue weighted by Gasteiger charge is -2.09. The summed E-state index contributed by atoms with van der Waals surface area (Å²) in [6, 6.07) is 12.5. The largest absolute Gasteiger partial charge is 0.457 e. The molecule has 2 aromatic heterocycles. The molecule has 3 nitrogen and oxygen atoms in total. The molecule has 0 aliphatic heterocycles. The van der Waals surface area contributed by atoms with Crippen molar-refractivity contribution in [1.29, 1.82) is 0 Å². The Morgan fingerprint density at radius 3 is 3.00 bits per heavy atom. The van der Waals surface area contributed by atoms with Gasteiger partial charge in [0.2, 0.25) is 0 Å². The van der Waals surface area contributed by atoms with Crippen molar-refractivity contribution in [2.24, 2.45) is 0 Å². The molecule has 0 aliphatic rings. The molecular weight excluding hydrogens is 280 g/mol. The van der Waals surface area contributed by atoms with Crippen LogP contribution in [0.4, 0.5) is 0 Å². The monoisotopic (exact) mass is 298 g/mol. The maximum atomic E-state index is 5.89. The van der Waals surface area contributed by atoms with E-state index in [0.29, 0.717) is 6.04 Å². The molecule has 3 aromatic rings. The number of hydrogen-bond acceptors (Lipinski definition) is 4. The number of aromatic nitrogens is 1. The first-order valence-electron chi connectivity index (χ1n) is 7.05. The van der Waals surface area contributed by atoms with Crippen molar-refractivity contribution in [3.63, 3.8) is 0 Å². The molecule has 21 heavy (non-hydrogen) atoms. The van der Waals surface area contributed by atoms with Gasteiger partial charge in [-0.1, -0.05) is 18.2 Å². The van der Waals surface area contributed by atoms with Gasteiger partial charge in [0.15, 0.2) is 10.8 Å². The van der Waals surface area contributed by atoms with Crippen molar-refractivity contribution in [3.8, 4) is 10.8 Å². The third kappa shape index (κ3) is 3.23. The van der Waals surface area contributed by atoms with E-state index in [-0.39, 0.29) is 0 Å². The summed E-state index contributed by atoms with van der Waals surface area (Å²) in [6.07, 6.45) is 2.87. The van der Waals surface area contributed by atoms with E-state index in [4.69, 9.17) is 4.42 Å². The Labute approximate surface area is 128 Å². The molecule has 4 heteroatoms. The van der Waals surface area contributed by atoms with E-state index in [9.17, 15) is 0 Å². The average Bonchev–Trinajstić information content (AvgIpc) is 3.11. The zero-order valence-corrected chi connectivity index (χ0v) is 12.8. The standard InChI is InChI=1S/C17H18N2OS/c1-3-6-12(2)18-11-13-9-10-15(20-13)17-19-14-7-4-5-8-16(14)21-17/h3-5,7-10,12,18H,1,6,11H2,2H3. The number of fused-ring (bicyclic) bond motifs is 1. The molecule has 0 fully saturated rings. The Morgan fingerprint density at radius 1 is 1.33 bits per heavy atom. The quantitative estimate of drug-likeness (QED) is 0.675. The molecule has 0 saturated carbocycles. The molecule has 2 heterocycles. The van der Waals surface area contributed by atoms with Gasteiger partial charge < -0.3 is 9.73 Å². The summed E-state index contributed by atoms with van der Waals surface area (Å²) in [5, 5.41) is 4.34. The Bertz CT molecular complexity index is 711. The van der Waals surface area contributed by atoms with Gasteiger partial charge in [0.05, 0.1) is 16.8 Å². The smallest absolute Gasteiger partial charge is 0.163 e. The van der Waals surface area contributed by atoms with Crippen LogP contribution < -0.4 is 5.32 Å². The molecule has 3 rings (SSSR count). The van der Waals surface area contributed by atoms with Gasteiger partial charge >= 0.3 is 0 Å². The lowest BCUT2D eigenvalue weighted by atomic mass is 10.2. The topological polar surface area (TPSA) is 38.1 Å². The van der Waals surface area contributed by atoms with Crippen molar-refractivity contribution in [3.05, 3.63) is 54.8 Å². The van der Waals surface area contributed by atoms with Crippen molar-refractivity contribution >= 4 is 21.6 Å². The number of furan rings is 1. The summed E-state index contributed by atoms with van der Waals surface area (Å²) in [5.74, 6) is 1.77. The number of para-hydroxylation sites is 1. The number of nitrogens with one attached hydrogen (secondary N) is 1. The fourth-order valence-corrected chi connectivity index (χ4v) is 3.10. The van der Waals surface area contributed by atoms with Crippen LogP contribution in [-0.4, -0.2) is 11.0 Å². The van der Waals surface area contributed by atoms with Gasteiger partial charge in [-0.2, -0.15) is 0 Å². The van der Waals surface area contributed by atoms with Gasteiger partial charge in [-0.25, -0.2) is 4.98 Å². The van der Waals surface area contributed by atoms with Crippen LogP contribution in [0.2, 0.25) is 0 Å². The Morgan fingerprint density at radius 2 is 2.19 bits per heavy atom. The van der Waals surface area contributed by atoms with Crippen molar-refractivity contribution in [2.45, 2.75) is 25.9 Å². The van der Waals surface area contributed by atoms with E-state index in [1.165, 1.54) is 4.70 Å². The highest BCUT2D eigenvalue weighted by molar-refractivity contribution is 7.21. The van der Waals surface area contributed by atoms with Gasteiger partial charge in [-0.3, -0.25) is 0 Å². The fraction of sp³-hybridized carbons (Fsp3) is 0.235. The van der Waals surface area contributed by atoms with E-state index in [1.54, 1.807) is 11.3 Å². The highest BCUT2D eigenvalue weighted by Crippen LogP contribution is 2.31. The number of benzene rings is 1. The summed E-state index contributed by atoms with van der Waals surface area (Å²) < 4.78 is 7.07. The minimum atomic E-state index is 0.401. The molecule has 1 aromatic carbocycles. The molecule has 0 aliphatic carbocycles.